The number of carboxylic acids is 1. The van der Waals surface area contributed by atoms with Crippen molar-refractivity contribution < 1.29 is 9.90 Å². The molecule has 3 heteroatoms. The van der Waals surface area contributed by atoms with Crippen molar-refractivity contribution in [2.45, 2.75) is 33.6 Å². The van der Waals surface area contributed by atoms with Crippen molar-refractivity contribution in [3.8, 4) is 0 Å². The zero-order chi connectivity index (χ0) is 11.0. The average molecular weight is 199 g/mol. The third-order valence-corrected chi connectivity index (χ3v) is 2.39. The lowest BCUT2D eigenvalue weighted by molar-refractivity contribution is -0.132. The van der Waals surface area contributed by atoms with E-state index in [0.29, 0.717) is 12.0 Å². The van der Waals surface area contributed by atoms with Crippen LogP contribution in [0.5, 0.6) is 0 Å². The maximum atomic E-state index is 10.7. The molecule has 0 aliphatic heterocycles. The largest absolute Gasteiger partial charge is 0.478 e. The predicted octanol–water partition coefficient (Wildman–Crippen LogP) is 2.14. The Morgan fingerprint density at radius 1 is 1.29 bits per heavy atom. The van der Waals surface area contributed by atoms with Gasteiger partial charge in [0.1, 0.15) is 0 Å². The average Bonchev–Trinajstić information content (AvgIpc) is 2.18. The molecule has 0 amide bonds. The van der Waals surface area contributed by atoms with E-state index in [1.54, 1.807) is 0 Å². The summed E-state index contributed by atoms with van der Waals surface area (Å²) in [5.41, 5.74) is 0.525. The summed E-state index contributed by atoms with van der Waals surface area (Å²) in [6.45, 7) is 9.11. The fourth-order valence-electron chi connectivity index (χ4n) is 1.34. The summed E-state index contributed by atoms with van der Waals surface area (Å²) in [6.07, 6.45) is 3.27. The van der Waals surface area contributed by atoms with Crippen LogP contribution < -0.4 is 0 Å². The van der Waals surface area contributed by atoms with Crippen LogP contribution >= 0.6 is 0 Å². The van der Waals surface area contributed by atoms with E-state index in [1.807, 2.05) is 13.0 Å². The van der Waals surface area contributed by atoms with Gasteiger partial charge in [-0.25, -0.2) is 4.79 Å². The first-order valence-corrected chi connectivity index (χ1v) is 5.30. The zero-order valence-corrected chi connectivity index (χ0v) is 9.42. The summed E-state index contributed by atoms with van der Waals surface area (Å²) in [5, 5.41) is 8.77. The van der Waals surface area contributed by atoms with Crippen LogP contribution in [0, 0.1) is 0 Å². The number of hydrogen-bond acceptors (Lipinski definition) is 2. The van der Waals surface area contributed by atoms with Gasteiger partial charge in [0, 0.05) is 12.1 Å². The molecule has 0 saturated carbocycles. The lowest BCUT2D eigenvalue weighted by Gasteiger charge is -2.16. The minimum absolute atomic E-state index is 0.525. The second-order valence-corrected chi connectivity index (χ2v) is 3.20. The van der Waals surface area contributed by atoms with Crippen molar-refractivity contribution in [1.82, 2.24) is 4.90 Å². The van der Waals surface area contributed by atoms with E-state index in [2.05, 4.69) is 18.7 Å². The quantitative estimate of drug-likeness (QED) is 0.639. The fourth-order valence-corrected chi connectivity index (χ4v) is 1.34. The topological polar surface area (TPSA) is 40.5 Å². The highest BCUT2D eigenvalue weighted by molar-refractivity contribution is 5.86. The van der Waals surface area contributed by atoms with Gasteiger partial charge in [-0.05, 0) is 25.9 Å². The molecule has 0 aromatic rings. The zero-order valence-electron chi connectivity index (χ0n) is 9.42. The number of nitrogens with zero attached hydrogens (tertiary/aromatic N) is 1. The number of carbonyl (C=O) groups is 1. The molecular weight excluding hydrogens is 178 g/mol. The van der Waals surface area contributed by atoms with Crippen LogP contribution in [0.1, 0.15) is 33.6 Å². The van der Waals surface area contributed by atoms with Gasteiger partial charge in [-0.1, -0.05) is 26.8 Å². The minimum atomic E-state index is -0.785. The summed E-state index contributed by atoms with van der Waals surface area (Å²) < 4.78 is 0. The van der Waals surface area contributed by atoms with E-state index < -0.39 is 5.97 Å². The van der Waals surface area contributed by atoms with E-state index in [-0.39, 0.29) is 0 Å². The Hall–Kier alpha value is -0.830. The molecule has 1 N–H and O–H groups in total. The highest BCUT2D eigenvalue weighted by Crippen LogP contribution is 2.03. The molecule has 0 unspecified atom stereocenters. The Kier molecular flexibility index (Phi) is 7.11. The Balaban J connectivity index is 3.94. The molecular formula is C11H21NO2. The SMILES string of the molecule is CCC(=CCCN(CC)CC)C(=O)O. The normalized spacial score (nSPS) is 12.1. The van der Waals surface area contributed by atoms with Gasteiger partial charge >= 0.3 is 5.97 Å². The Morgan fingerprint density at radius 2 is 1.86 bits per heavy atom. The van der Waals surface area contributed by atoms with Crippen molar-refractivity contribution in [2.75, 3.05) is 19.6 Å². The van der Waals surface area contributed by atoms with Crippen LogP contribution in [0.25, 0.3) is 0 Å². The van der Waals surface area contributed by atoms with Gasteiger partial charge in [-0.3, -0.25) is 0 Å². The van der Waals surface area contributed by atoms with Crippen LogP contribution in [0.3, 0.4) is 0 Å². The molecule has 0 spiro atoms. The number of hydrogen-bond donors (Lipinski definition) is 1. The van der Waals surface area contributed by atoms with Gasteiger partial charge in [-0.2, -0.15) is 0 Å². The Morgan fingerprint density at radius 3 is 2.21 bits per heavy atom. The van der Waals surface area contributed by atoms with Gasteiger partial charge < -0.3 is 10.0 Å². The standard InChI is InChI=1S/C11H21NO2/c1-4-10(11(13)14)8-7-9-12(5-2)6-3/h8H,4-7,9H2,1-3H3,(H,13,14). The first kappa shape index (κ1) is 13.2. The van der Waals surface area contributed by atoms with Crippen LogP contribution in [0.15, 0.2) is 11.6 Å². The third kappa shape index (κ3) is 5.02. The fraction of sp³-hybridized carbons (Fsp3) is 0.727. The number of carboxylic acid groups (broad SMARTS) is 1. The van der Waals surface area contributed by atoms with Gasteiger partial charge in [-0.15, -0.1) is 0 Å². The van der Waals surface area contributed by atoms with Crippen LogP contribution in [0.4, 0.5) is 0 Å². The maximum absolute atomic E-state index is 10.7. The number of aliphatic carboxylic acids is 1. The molecule has 14 heavy (non-hydrogen) atoms. The molecule has 3 nitrogen and oxygen atoms in total. The minimum Gasteiger partial charge on any atom is -0.478 e. The molecule has 0 aliphatic rings. The van der Waals surface area contributed by atoms with Crippen molar-refractivity contribution >= 4 is 5.97 Å². The van der Waals surface area contributed by atoms with E-state index in [0.717, 1.165) is 26.1 Å². The van der Waals surface area contributed by atoms with Gasteiger partial charge in [0.2, 0.25) is 0 Å². The van der Waals surface area contributed by atoms with Crippen LogP contribution in [-0.2, 0) is 4.79 Å². The Bertz CT molecular complexity index is 195. The highest BCUT2D eigenvalue weighted by atomic mass is 16.4. The molecule has 0 radical (unpaired) electrons. The molecule has 0 fully saturated rings. The van der Waals surface area contributed by atoms with Crippen LogP contribution in [-0.4, -0.2) is 35.6 Å². The summed E-state index contributed by atoms with van der Waals surface area (Å²) in [6, 6.07) is 0. The van der Waals surface area contributed by atoms with Crippen molar-refractivity contribution in [2.24, 2.45) is 0 Å². The van der Waals surface area contributed by atoms with Crippen molar-refractivity contribution in [3.63, 3.8) is 0 Å². The number of rotatable bonds is 7. The lowest BCUT2D eigenvalue weighted by Crippen LogP contribution is -2.23. The van der Waals surface area contributed by atoms with Crippen molar-refractivity contribution in [3.05, 3.63) is 11.6 Å². The molecule has 0 saturated heterocycles. The molecule has 0 aliphatic carbocycles. The van der Waals surface area contributed by atoms with E-state index in [9.17, 15) is 4.79 Å². The van der Waals surface area contributed by atoms with Crippen molar-refractivity contribution in [1.29, 1.82) is 0 Å². The van der Waals surface area contributed by atoms with Gasteiger partial charge in [0.25, 0.3) is 0 Å². The van der Waals surface area contributed by atoms with E-state index in [1.165, 1.54) is 0 Å². The third-order valence-electron chi connectivity index (χ3n) is 2.39. The molecule has 0 heterocycles. The summed E-state index contributed by atoms with van der Waals surface area (Å²) in [4.78, 5) is 12.9. The molecule has 82 valence electrons. The monoisotopic (exact) mass is 199 g/mol. The summed E-state index contributed by atoms with van der Waals surface area (Å²) in [7, 11) is 0. The van der Waals surface area contributed by atoms with E-state index >= 15 is 0 Å². The smallest absolute Gasteiger partial charge is 0.331 e. The Labute approximate surface area is 86.4 Å². The summed E-state index contributed by atoms with van der Waals surface area (Å²) >= 11 is 0. The molecule has 0 rings (SSSR count). The highest BCUT2D eigenvalue weighted by Gasteiger charge is 2.03. The maximum Gasteiger partial charge on any atom is 0.331 e. The predicted molar refractivity (Wildman–Crippen MR) is 58.4 cm³/mol. The first-order chi connectivity index (χ1) is 6.65. The first-order valence-electron chi connectivity index (χ1n) is 5.30. The molecule has 0 atom stereocenters. The van der Waals surface area contributed by atoms with E-state index in [4.69, 9.17) is 5.11 Å². The molecule has 0 aromatic heterocycles. The molecule has 0 aromatic carbocycles. The molecule has 0 bridgehead atoms. The van der Waals surface area contributed by atoms with Crippen LogP contribution in [0.2, 0.25) is 0 Å². The second kappa shape index (κ2) is 7.56. The summed E-state index contributed by atoms with van der Waals surface area (Å²) in [5.74, 6) is -0.785. The van der Waals surface area contributed by atoms with Gasteiger partial charge in [0.05, 0.1) is 0 Å². The lowest BCUT2D eigenvalue weighted by atomic mass is 10.1. The second-order valence-electron chi connectivity index (χ2n) is 3.20. The van der Waals surface area contributed by atoms with Gasteiger partial charge in [0.15, 0.2) is 0 Å².